The lowest BCUT2D eigenvalue weighted by atomic mass is 10.1. The van der Waals surface area contributed by atoms with Crippen molar-refractivity contribution in [2.24, 2.45) is 0 Å². The van der Waals surface area contributed by atoms with Gasteiger partial charge < -0.3 is 4.84 Å². The Hall–Kier alpha value is -3.41. The highest BCUT2D eigenvalue weighted by molar-refractivity contribution is 7.93. The van der Waals surface area contributed by atoms with Crippen LogP contribution < -0.4 is 4.72 Å². The summed E-state index contributed by atoms with van der Waals surface area (Å²) in [4.78, 5) is 41.2. The summed E-state index contributed by atoms with van der Waals surface area (Å²) >= 11 is 0. The van der Waals surface area contributed by atoms with Crippen molar-refractivity contribution in [3.63, 3.8) is 0 Å². The maximum Gasteiger partial charge on any atom is 0.516 e. The minimum Gasteiger partial charge on any atom is -0.324 e. The molecule has 1 aliphatic heterocycles. The number of carbonyl (C=O) groups excluding carboxylic acids is 3. The maximum absolute atomic E-state index is 12.4. The predicted octanol–water partition coefficient (Wildman–Crippen LogP) is 2.32. The van der Waals surface area contributed by atoms with Crippen molar-refractivity contribution in [1.82, 2.24) is 5.06 Å². The first kappa shape index (κ1) is 19.4. The Labute approximate surface area is 155 Å². The number of alkyl halides is 3. The van der Waals surface area contributed by atoms with Gasteiger partial charge in [0.1, 0.15) is 0 Å². The molecule has 3 rings (SSSR count). The molecule has 1 N–H and O–H groups in total. The summed E-state index contributed by atoms with van der Waals surface area (Å²) in [5, 5.41) is 0.222. The fraction of sp³-hybridized carbons (Fsp3) is 0.0625. The number of rotatable bonds is 4. The standard InChI is InChI=1S/C16H9F3N2O6S/c17-16(18,19)28(25,26)20-10-5-3-4-9(8-10)15(24)27-21-13(22)11-6-1-2-7-12(11)14(21)23/h1-8,20H. The number of nitrogens with one attached hydrogen (secondary N) is 1. The number of benzene rings is 2. The van der Waals surface area contributed by atoms with Crippen LogP contribution in [-0.2, 0) is 14.9 Å². The number of anilines is 1. The first-order valence-corrected chi connectivity index (χ1v) is 8.89. The highest BCUT2D eigenvalue weighted by atomic mass is 32.2. The lowest BCUT2D eigenvalue weighted by molar-refractivity contribution is -0.0584. The summed E-state index contributed by atoms with van der Waals surface area (Å²) in [6.45, 7) is 0. The van der Waals surface area contributed by atoms with E-state index in [2.05, 4.69) is 0 Å². The largest absolute Gasteiger partial charge is 0.516 e. The molecular weight excluding hydrogens is 405 g/mol. The summed E-state index contributed by atoms with van der Waals surface area (Å²) in [5.74, 6) is -3.02. The van der Waals surface area contributed by atoms with Gasteiger partial charge in [-0.25, -0.2) is 4.79 Å². The second-order valence-electron chi connectivity index (χ2n) is 5.46. The zero-order valence-corrected chi connectivity index (χ0v) is 14.4. The second-order valence-corrected chi connectivity index (χ2v) is 7.13. The van der Waals surface area contributed by atoms with Crippen molar-refractivity contribution >= 4 is 33.5 Å². The lowest BCUT2D eigenvalue weighted by Crippen LogP contribution is -2.32. The highest BCUT2D eigenvalue weighted by Gasteiger charge is 2.46. The third-order valence-corrected chi connectivity index (χ3v) is 4.70. The normalized spacial score (nSPS) is 14.0. The highest BCUT2D eigenvalue weighted by Crippen LogP contribution is 2.26. The smallest absolute Gasteiger partial charge is 0.324 e. The van der Waals surface area contributed by atoms with E-state index in [1.165, 1.54) is 29.0 Å². The number of hydrogen-bond acceptors (Lipinski definition) is 6. The molecular formula is C16H9F3N2O6S. The lowest BCUT2D eigenvalue weighted by Gasteiger charge is -2.14. The van der Waals surface area contributed by atoms with Gasteiger partial charge >= 0.3 is 21.5 Å². The molecule has 0 radical (unpaired) electrons. The van der Waals surface area contributed by atoms with Crippen LogP contribution in [0.1, 0.15) is 31.1 Å². The fourth-order valence-electron chi connectivity index (χ4n) is 2.31. The number of nitrogens with zero attached hydrogens (tertiary/aromatic N) is 1. The van der Waals surface area contributed by atoms with Crippen molar-refractivity contribution in [2.75, 3.05) is 4.72 Å². The van der Waals surface area contributed by atoms with Crippen LogP contribution in [0.5, 0.6) is 0 Å². The van der Waals surface area contributed by atoms with Gasteiger partial charge in [-0.05, 0) is 30.3 Å². The van der Waals surface area contributed by atoms with E-state index in [0.29, 0.717) is 0 Å². The summed E-state index contributed by atoms with van der Waals surface area (Å²) in [5.41, 5.74) is -6.46. The minimum atomic E-state index is -5.69. The molecule has 12 heteroatoms. The van der Waals surface area contributed by atoms with E-state index >= 15 is 0 Å². The number of amides is 2. The van der Waals surface area contributed by atoms with Gasteiger partial charge in [-0.3, -0.25) is 14.3 Å². The number of hydroxylamine groups is 2. The molecule has 28 heavy (non-hydrogen) atoms. The molecule has 8 nitrogen and oxygen atoms in total. The quantitative estimate of drug-likeness (QED) is 0.769. The van der Waals surface area contributed by atoms with Crippen LogP contribution in [-0.4, -0.2) is 36.8 Å². The zero-order chi connectivity index (χ0) is 20.7. The van der Waals surface area contributed by atoms with Crippen LogP contribution in [0, 0.1) is 0 Å². The van der Waals surface area contributed by atoms with E-state index in [-0.39, 0.29) is 21.8 Å². The third kappa shape index (κ3) is 3.41. The summed E-state index contributed by atoms with van der Waals surface area (Å²) in [6.07, 6.45) is 0. The molecule has 2 amide bonds. The van der Waals surface area contributed by atoms with Crippen LogP contribution in [0.15, 0.2) is 48.5 Å². The molecule has 0 atom stereocenters. The van der Waals surface area contributed by atoms with Crippen molar-refractivity contribution in [3.8, 4) is 0 Å². The monoisotopic (exact) mass is 414 g/mol. The topological polar surface area (TPSA) is 110 Å². The molecule has 1 heterocycles. The SMILES string of the molecule is O=C(ON1C(=O)c2ccccc2C1=O)c1cccc(NS(=O)(=O)C(F)(F)F)c1. The molecule has 0 aromatic heterocycles. The molecule has 0 spiro atoms. The van der Waals surface area contributed by atoms with Gasteiger partial charge in [0.25, 0.3) is 11.8 Å². The van der Waals surface area contributed by atoms with E-state index in [9.17, 15) is 36.0 Å². The molecule has 0 unspecified atom stereocenters. The predicted molar refractivity (Wildman–Crippen MR) is 87.4 cm³/mol. The zero-order valence-electron chi connectivity index (χ0n) is 13.6. The molecule has 2 aromatic rings. The molecule has 0 aliphatic carbocycles. The van der Waals surface area contributed by atoms with Gasteiger partial charge in [-0.1, -0.05) is 23.3 Å². The Balaban J connectivity index is 1.80. The number of carbonyl (C=O) groups is 3. The summed E-state index contributed by atoms with van der Waals surface area (Å²) in [6, 6.07) is 9.66. The molecule has 146 valence electrons. The molecule has 0 saturated carbocycles. The van der Waals surface area contributed by atoms with E-state index in [0.717, 1.165) is 24.3 Å². The first-order valence-electron chi connectivity index (χ1n) is 7.40. The summed E-state index contributed by atoms with van der Waals surface area (Å²) < 4.78 is 60.9. The van der Waals surface area contributed by atoms with E-state index in [4.69, 9.17) is 4.84 Å². The van der Waals surface area contributed by atoms with Crippen molar-refractivity contribution in [1.29, 1.82) is 0 Å². The number of sulfonamides is 1. The van der Waals surface area contributed by atoms with E-state index < -0.39 is 39.0 Å². The van der Waals surface area contributed by atoms with Crippen LogP contribution in [0.25, 0.3) is 0 Å². The second kappa shape index (κ2) is 6.64. The molecule has 2 aromatic carbocycles. The van der Waals surface area contributed by atoms with Gasteiger partial charge in [0.15, 0.2) is 0 Å². The van der Waals surface area contributed by atoms with Crippen molar-refractivity contribution in [3.05, 3.63) is 65.2 Å². The van der Waals surface area contributed by atoms with E-state index in [1.807, 2.05) is 0 Å². The van der Waals surface area contributed by atoms with Crippen LogP contribution in [0.4, 0.5) is 18.9 Å². The Kier molecular flexibility index (Phi) is 4.59. The van der Waals surface area contributed by atoms with Crippen molar-refractivity contribution < 1.29 is 40.8 Å². The minimum absolute atomic E-state index is 0.0204. The van der Waals surface area contributed by atoms with Crippen molar-refractivity contribution in [2.45, 2.75) is 5.51 Å². The Morgan fingerprint density at radius 3 is 2.07 bits per heavy atom. The molecule has 1 aliphatic rings. The van der Waals surface area contributed by atoms with Gasteiger partial charge in [0.05, 0.1) is 16.7 Å². The number of halogens is 3. The average Bonchev–Trinajstić information content (AvgIpc) is 2.86. The number of imide groups is 1. The van der Waals surface area contributed by atoms with E-state index in [1.54, 1.807) is 0 Å². The molecule has 0 saturated heterocycles. The van der Waals surface area contributed by atoms with Gasteiger partial charge in [-0.2, -0.15) is 21.6 Å². The Morgan fingerprint density at radius 2 is 1.54 bits per heavy atom. The number of fused-ring (bicyclic) bond motifs is 1. The summed E-state index contributed by atoms with van der Waals surface area (Å²) in [7, 11) is -5.69. The fourth-order valence-corrected chi connectivity index (χ4v) is 2.86. The molecule has 0 fully saturated rings. The van der Waals surface area contributed by atoms with Gasteiger partial charge in [0.2, 0.25) is 0 Å². The molecule has 0 bridgehead atoms. The van der Waals surface area contributed by atoms with Gasteiger partial charge in [-0.15, -0.1) is 0 Å². The Bertz CT molecular complexity index is 1060. The first-order chi connectivity index (χ1) is 13.0. The van der Waals surface area contributed by atoms with Crippen LogP contribution in [0.3, 0.4) is 0 Å². The third-order valence-electron chi connectivity index (χ3n) is 3.59. The number of hydrogen-bond donors (Lipinski definition) is 1. The maximum atomic E-state index is 12.4. The Morgan fingerprint density at radius 1 is 0.964 bits per heavy atom. The average molecular weight is 414 g/mol. The van der Waals surface area contributed by atoms with Gasteiger partial charge in [0, 0.05) is 5.69 Å². The van der Waals surface area contributed by atoms with Crippen LogP contribution >= 0.6 is 0 Å². The van der Waals surface area contributed by atoms with Crippen LogP contribution in [0.2, 0.25) is 0 Å².